The lowest BCUT2D eigenvalue weighted by molar-refractivity contribution is 0.102. The Morgan fingerprint density at radius 1 is 1.42 bits per heavy atom. The molecule has 1 aromatic carbocycles. The van der Waals surface area contributed by atoms with Crippen LogP contribution in [0.4, 0.5) is 5.69 Å². The van der Waals surface area contributed by atoms with Gasteiger partial charge in [-0.1, -0.05) is 12.1 Å². The summed E-state index contributed by atoms with van der Waals surface area (Å²) in [5.41, 5.74) is 2.36. The van der Waals surface area contributed by atoms with Crippen molar-refractivity contribution in [2.24, 2.45) is 7.05 Å². The van der Waals surface area contributed by atoms with Gasteiger partial charge in [0.15, 0.2) is 5.69 Å². The molecular weight excluding hydrogens is 262 g/mol. The van der Waals surface area contributed by atoms with Crippen LogP contribution in [0.25, 0.3) is 0 Å². The second-order valence-corrected chi connectivity index (χ2v) is 4.70. The normalized spacial score (nSPS) is 10.4. The van der Waals surface area contributed by atoms with Crippen molar-refractivity contribution in [2.75, 3.05) is 11.2 Å². The first-order valence-corrected chi connectivity index (χ1v) is 6.68. The quantitative estimate of drug-likeness (QED) is 0.854. The van der Waals surface area contributed by atoms with E-state index in [1.807, 2.05) is 24.3 Å². The second kappa shape index (κ2) is 6.38. The Morgan fingerprint density at radius 2 is 2.26 bits per heavy atom. The number of alkyl halides is 1. The number of nitrogens with one attached hydrogen (secondary N) is 1. The summed E-state index contributed by atoms with van der Waals surface area (Å²) in [6.07, 6.45) is 3.59. The van der Waals surface area contributed by atoms with Gasteiger partial charge in [-0.2, -0.15) is 5.10 Å². The van der Waals surface area contributed by atoms with Crippen molar-refractivity contribution in [3.8, 4) is 0 Å². The van der Waals surface area contributed by atoms with Crippen LogP contribution in [-0.4, -0.2) is 21.6 Å². The number of aromatic nitrogens is 2. The fourth-order valence-corrected chi connectivity index (χ4v) is 1.94. The third-order valence-electron chi connectivity index (χ3n) is 2.73. The number of halogens is 1. The maximum Gasteiger partial charge on any atom is 0.276 e. The number of rotatable bonds is 5. The molecule has 0 saturated heterocycles. The van der Waals surface area contributed by atoms with Gasteiger partial charge in [0.25, 0.3) is 5.91 Å². The minimum Gasteiger partial charge on any atom is -0.321 e. The van der Waals surface area contributed by atoms with Gasteiger partial charge in [0.1, 0.15) is 0 Å². The highest BCUT2D eigenvalue weighted by atomic mass is 35.5. The SMILES string of the molecule is Cn1ccc(C(=O)Nc2cccc(CCCCl)c2)n1. The molecule has 0 spiro atoms. The average Bonchev–Trinajstić information content (AvgIpc) is 2.83. The molecule has 0 atom stereocenters. The first kappa shape index (κ1) is 13.6. The smallest absolute Gasteiger partial charge is 0.276 e. The molecule has 0 unspecified atom stereocenters. The lowest BCUT2D eigenvalue weighted by atomic mass is 10.1. The Kier molecular flexibility index (Phi) is 4.58. The van der Waals surface area contributed by atoms with E-state index in [1.165, 1.54) is 5.56 Å². The molecule has 0 aliphatic rings. The highest BCUT2D eigenvalue weighted by Crippen LogP contribution is 2.13. The maximum absolute atomic E-state index is 11.9. The van der Waals surface area contributed by atoms with E-state index in [9.17, 15) is 4.79 Å². The van der Waals surface area contributed by atoms with Gasteiger partial charge < -0.3 is 5.32 Å². The van der Waals surface area contributed by atoms with Crippen LogP contribution < -0.4 is 5.32 Å². The van der Waals surface area contributed by atoms with E-state index in [4.69, 9.17) is 11.6 Å². The Morgan fingerprint density at radius 3 is 2.95 bits per heavy atom. The molecule has 1 N–H and O–H groups in total. The number of nitrogens with zero attached hydrogens (tertiary/aromatic N) is 2. The van der Waals surface area contributed by atoms with Gasteiger partial charge in [-0.25, -0.2) is 0 Å². The van der Waals surface area contributed by atoms with E-state index in [0.29, 0.717) is 11.6 Å². The van der Waals surface area contributed by atoms with Crippen LogP contribution in [0.3, 0.4) is 0 Å². The summed E-state index contributed by atoms with van der Waals surface area (Å²) in [6.45, 7) is 0. The van der Waals surface area contributed by atoms with Crippen molar-refractivity contribution in [3.63, 3.8) is 0 Å². The number of carbonyl (C=O) groups excluding carboxylic acids is 1. The highest BCUT2D eigenvalue weighted by molar-refractivity contribution is 6.17. The Labute approximate surface area is 117 Å². The van der Waals surface area contributed by atoms with Crippen LogP contribution in [-0.2, 0) is 13.5 Å². The number of amides is 1. The zero-order valence-electron chi connectivity index (χ0n) is 10.8. The molecule has 2 rings (SSSR count). The van der Waals surface area contributed by atoms with Crippen molar-refractivity contribution in [3.05, 3.63) is 47.8 Å². The van der Waals surface area contributed by atoms with Crippen LogP contribution in [0.15, 0.2) is 36.5 Å². The predicted molar refractivity (Wildman–Crippen MR) is 76.6 cm³/mol. The van der Waals surface area contributed by atoms with E-state index in [-0.39, 0.29) is 5.91 Å². The molecule has 4 nitrogen and oxygen atoms in total. The third-order valence-corrected chi connectivity index (χ3v) is 3.00. The largest absolute Gasteiger partial charge is 0.321 e. The zero-order valence-corrected chi connectivity index (χ0v) is 11.5. The molecule has 1 aromatic heterocycles. The number of anilines is 1. The highest BCUT2D eigenvalue weighted by Gasteiger charge is 2.09. The molecular formula is C14H16ClN3O. The molecule has 2 aromatic rings. The first-order valence-electron chi connectivity index (χ1n) is 6.15. The fraction of sp³-hybridized carbons (Fsp3) is 0.286. The van der Waals surface area contributed by atoms with Gasteiger partial charge in [0.05, 0.1) is 0 Å². The summed E-state index contributed by atoms with van der Waals surface area (Å²) < 4.78 is 1.60. The van der Waals surface area contributed by atoms with E-state index in [1.54, 1.807) is 24.0 Å². The summed E-state index contributed by atoms with van der Waals surface area (Å²) >= 11 is 5.68. The van der Waals surface area contributed by atoms with E-state index in [2.05, 4.69) is 10.4 Å². The van der Waals surface area contributed by atoms with Gasteiger partial charge in [-0.15, -0.1) is 11.6 Å². The number of carbonyl (C=O) groups is 1. The van der Waals surface area contributed by atoms with Gasteiger partial charge in [0.2, 0.25) is 0 Å². The van der Waals surface area contributed by atoms with Crippen molar-refractivity contribution in [2.45, 2.75) is 12.8 Å². The van der Waals surface area contributed by atoms with Crippen LogP contribution in [0.1, 0.15) is 22.5 Å². The Hall–Kier alpha value is -1.81. The van der Waals surface area contributed by atoms with Crippen molar-refractivity contribution < 1.29 is 4.79 Å². The number of benzene rings is 1. The fourth-order valence-electron chi connectivity index (χ4n) is 1.81. The molecule has 0 aliphatic carbocycles. The summed E-state index contributed by atoms with van der Waals surface area (Å²) in [5, 5.41) is 6.91. The molecule has 1 amide bonds. The zero-order chi connectivity index (χ0) is 13.7. The molecule has 5 heteroatoms. The lowest BCUT2D eigenvalue weighted by Crippen LogP contribution is -2.13. The van der Waals surface area contributed by atoms with Crippen molar-refractivity contribution in [1.29, 1.82) is 0 Å². The molecule has 1 heterocycles. The molecule has 0 radical (unpaired) electrons. The maximum atomic E-state index is 11.9. The molecule has 0 aliphatic heterocycles. The minimum atomic E-state index is -0.199. The Balaban J connectivity index is 2.04. The average molecular weight is 278 g/mol. The minimum absolute atomic E-state index is 0.199. The molecule has 100 valence electrons. The van der Waals surface area contributed by atoms with Crippen LogP contribution in [0.2, 0.25) is 0 Å². The van der Waals surface area contributed by atoms with Gasteiger partial charge in [0, 0.05) is 24.8 Å². The second-order valence-electron chi connectivity index (χ2n) is 4.32. The molecule has 0 bridgehead atoms. The monoisotopic (exact) mass is 277 g/mol. The summed E-state index contributed by atoms with van der Waals surface area (Å²) in [6, 6.07) is 9.48. The van der Waals surface area contributed by atoms with Crippen LogP contribution in [0, 0.1) is 0 Å². The Bertz CT molecular complexity index is 565. The van der Waals surface area contributed by atoms with Gasteiger partial charge in [-0.3, -0.25) is 9.48 Å². The van der Waals surface area contributed by atoms with E-state index < -0.39 is 0 Å². The van der Waals surface area contributed by atoms with Gasteiger partial charge in [-0.05, 0) is 36.6 Å². The molecule has 19 heavy (non-hydrogen) atoms. The number of hydrogen-bond donors (Lipinski definition) is 1. The van der Waals surface area contributed by atoms with E-state index in [0.717, 1.165) is 18.5 Å². The first-order chi connectivity index (χ1) is 9.19. The third kappa shape index (κ3) is 3.83. The predicted octanol–water partition coefficient (Wildman–Crippen LogP) is 2.84. The van der Waals surface area contributed by atoms with Crippen LogP contribution in [0.5, 0.6) is 0 Å². The number of hydrogen-bond acceptors (Lipinski definition) is 2. The standard InChI is InChI=1S/C14H16ClN3O/c1-18-9-7-13(17-18)14(19)16-12-6-2-4-11(10-12)5-3-8-15/h2,4,6-7,9-10H,3,5,8H2,1H3,(H,16,19). The summed E-state index contributed by atoms with van der Waals surface area (Å²) in [4.78, 5) is 11.9. The topological polar surface area (TPSA) is 46.9 Å². The summed E-state index contributed by atoms with van der Waals surface area (Å²) in [7, 11) is 1.78. The van der Waals surface area contributed by atoms with E-state index >= 15 is 0 Å². The van der Waals surface area contributed by atoms with Crippen molar-refractivity contribution >= 4 is 23.2 Å². The molecule has 0 fully saturated rings. The molecule has 0 saturated carbocycles. The number of aryl methyl sites for hydroxylation is 2. The van der Waals surface area contributed by atoms with Gasteiger partial charge >= 0.3 is 0 Å². The van der Waals surface area contributed by atoms with Crippen LogP contribution >= 0.6 is 11.6 Å². The van der Waals surface area contributed by atoms with Crippen molar-refractivity contribution in [1.82, 2.24) is 9.78 Å². The lowest BCUT2D eigenvalue weighted by Gasteiger charge is -2.06. The summed E-state index contributed by atoms with van der Waals surface area (Å²) in [5.74, 6) is 0.444.